The van der Waals surface area contributed by atoms with Gasteiger partial charge in [-0.15, -0.1) is 0 Å². The maximum atomic E-state index is 12.8. The van der Waals surface area contributed by atoms with Crippen LogP contribution in [0, 0.1) is 0 Å². The number of para-hydroxylation sites is 1. The van der Waals surface area contributed by atoms with Gasteiger partial charge in [-0.25, -0.2) is 0 Å². The van der Waals surface area contributed by atoms with E-state index in [1.54, 1.807) is 0 Å². The molecule has 5 heteroatoms. The summed E-state index contributed by atoms with van der Waals surface area (Å²) in [5.74, 6) is 0.325. The molecule has 0 N–H and O–H groups in total. The average molecular weight is 371 g/mol. The topological polar surface area (TPSA) is 30.0 Å². The molecule has 1 saturated carbocycles. The Kier molecular flexibility index (Phi) is 6.30. The minimum atomic E-state index is 0.325. The number of rotatable bonds is 4. The molecule has 3 fully saturated rings. The monoisotopic (exact) mass is 370 g/mol. The molecule has 0 radical (unpaired) electrons. The molecule has 148 valence electrons. The quantitative estimate of drug-likeness (QED) is 0.813. The van der Waals surface area contributed by atoms with E-state index in [0.29, 0.717) is 12.5 Å². The van der Waals surface area contributed by atoms with E-state index in [4.69, 9.17) is 0 Å². The summed E-state index contributed by atoms with van der Waals surface area (Å²) in [6.45, 7) is 8.52. The molecule has 2 aliphatic heterocycles. The van der Waals surface area contributed by atoms with Gasteiger partial charge in [0.05, 0.1) is 6.54 Å². The van der Waals surface area contributed by atoms with Crippen molar-refractivity contribution in [1.82, 2.24) is 14.7 Å². The van der Waals surface area contributed by atoms with Crippen LogP contribution in [0.5, 0.6) is 0 Å². The molecule has 1 aliphatic carbocycles. The van der Waals surface area contributed by atoms with Gasteiger partial charge in [0.25, 0.3) is 0 Å². The Morgan fingerprint density at radius 3 is 2.15 bits per heavy atom. The molecule has 0 atom stereocenters. The van der Waals surface area contributed by atoms with Crippen LogP contribution in [0.25, 0.3) is 0 Å². The molecular formula is C22H34N4O. The van der Waals surface area contributed by atoms with Crippen LogP contribution < -0.4 is 4.90 Å². The predicted octanol–water partition coefficient (Wildman–Crippen LogP) is 2.29. The fraction of sp³-hybridized carbons (Fsp3) is 0.682. The van der Waals surface area contributed by atoms with Gasteiger partial charge < -0.3 is 9.80 Å². The number of hydrogen-bond donors (Lipinski definition) is 0. The summed E-state index contributed by atoms with van der Waals surface area (Å²) in [7, 11) is 0. The Labute approximate surface area is 163 Å². The molecule has 2 heterocycles. The Hall–Kier alpha value is -1.59. The molecule has 5 nitrogen and oxygen atoms in total. The zero-order chi connectivity index (χ0) is 18.5. The van der Waals surface area contributed by atoms with E-state index in [2.05, 4.69) is 49.9 Å². The third kappa shape index (κ3) is 4.82. The molecule has 2 saturated heterocycles. The third-order valence-electron chi connectivity index (χ3n) is 6.61. The Morgan fingerprint density at radius 1 is 0.815 bits per heavy atom. The fourth-order valence-corrected chi connectivity index (χ4v) is 4.88. The average Bonchev–Trinajstić information content (AvgIpc) is 2.76. The molecule has 27 heavy (non-hydrogen) atoms. The second kappa shape index (κ2) is 9.07. The van der Waals surface area contributed by atoms with Crippen molar-refractivity contribution in [2.75, 3.05) is 63.8 Å². The zero-order valence-corrected chi connectivity index (χ0v) is 16.6. The minimum Gasteiger partial charge on any atom is -0.369 e. The number of anilines is 1. The molecule has 1 aromatic carbocycles. The van der Waals surface area contributed by atoms with Gasteiger partial charge >= 0.3 is 0 Å². The smallest absolute Gasteiger partial charge is 0.236 e. The number of piperazine rings is 2. The van der Waals surface area contributed by atoms with E-state index in [0.717, 1.165) is 58.4 Å². The van der Waals surface area contributed by atoms with Crippen LogP contribution >= 0.6 is 0 Å². The van der Waals surface area contributed by atoms with Gasteiger partial charge in [0.2, 0.25) is 5.91 Å². The number of amides is 1. The van der Waals surface area contributed by atoms with Gasteiger partial charge in [-0.3, -0.25) is 14.6 Å². The van der Waals surface area contributed by atoms with Crippen molar-refractivity contribution in [3.63, 3.8) is 0 Å². The normalized spacial score (nSPS) is 23.6. The lowest BCUT2D eigenvalue weighted by Gasteiger charge is -2.41. The summed E-state index contributed by atoms with van der Waals surface area (Å²) >= 11 is 0. The highest BCUT2D eigenvalue weighted by Crippen LogP contribution is 2.23. The SMILES string of the molecule is O=C(CN1CCN(c2ccccc2)CC1)N1CCN(C2CCCCC2)CC1. The first-order chi connectivity index (χ1) is 13.3. The lowest BCUT2D eigenvalue weighted by atomic mass is 9.94. The van der Waals surface area contributed by atoms with Crippen molar-refractivity contribution in [2.45, 2.75) is 38.1 Å². The van der Waals surface area contributed by atoms with Crippen LogP contribution in [0.1, 0.15) is 32.1 Å². The van der Waals surface area contributed by atoms with Crippen LogP contribution in [-0.4, -0.2) is 85.6 Å². The zero-order valence-electron chi connectivity index (χ0n) is 16.6. The van der Waals surface area contributed by atoms with Gasteiger partial charge in [-0.1, -0.05) is 37.5 Å². The molecule has 0 aromatic heterocycles. The third-order valence-corrected chi connectivity index (χ3v) is 6.61. The highest BCUT2D eigenvalue weighted by atomic mass is 16.2. The molecule has 1 amide bonds. The van der Waals surface area contributed by atoms with E-state index in [1.807, 2.05) is 0 Å². The van der Waals surface area contributed by atoms with Crippen LogP contribution in [-0.2, 0) is 4.79 Å². The number of nitrogens with zero attached hydrogens (tertiary/aromatic N) is 4. The van der Waals surface area contributed by atoms with E-state index in [-0.39, 0.29) is 0 Å². The molecule has 3 aliphatic rings. The lowest BCUT2D eigenvalue weighted by molar-refractivity contribution is -0.134. The van der Waals surface area contributed by atoms with Crippen LogP contribution in [0.2, 0.25) is 0 Å². The molecular weight excluding hydrogens is 336 g/mol. The summed E-state index contributed by atoms with van der Waals surface area (Å²) in [6, 6.07) is 11.4. The highest BCUT2D eigenvalue weighted by Gasteiger charge is 2.28. The van der Waals surface area contributed by atoms with Crippen molar-refractivity contribution < 1.29 is 4.79 Å². The van der Waals surface area contributed by atoms with Crippen molar-refractivity contribution in [3.8, 4) is 0 Å². The minimum absolute atomic E-state index is 0.325. The summed E-state index contributed by atoms with van der Waals surface area (Å²) in [5.41, 5.74) is 1.29. The van der Waals surface area contributed by atoms with E-state index in [9.17, 15) is 4.79 Å². The fourth-order valence-electron chi connectivity index (χ4n) is 4.88. The Balaban J connectivity index is 1.19. The number of carbonyl (C=O) groups excluding carboxylic acids is 1. The standard InChI is InChI=1S/C22H34N4O/c27-22(26-17-15-25(16-18-26)21-9-5-2-6-10-21)19-23-11-13-24(14-12-23)20-7-3-1-4-8-20/h1,3-4,7-8,21H,2,5-6,9-19H2. The first-order valence-electron chi connectivity index (χ1n) is 10.8. The highest BCUT2D eigenvalue weighted by molar-refractivity contribution is 5.78. The first kappa shape index (κ1) is 18.8. The van der Waals surface area contributed by atoms with E-state index < -0.39 is 0 Å². The van der Waals surface area contributed by atoms with Crippen molar-refractivity contribution in [1.29, 1.82) is 0 Å². The first-order valence-corrected chi connectivity index (χ1v) is 10.8. The van der Waals surface area contributed by atoms with Crippen LogP contribution in [0.15, 0.2) is 30.3 Å². The van der Waals surface area contributed by atoms with Crippen molar-refractivity contribution in [3.05, 3.63) is 30.3 Å². The van der Waals surface area contributed by atoms with E-state index >= 15 is 0 Å². The van der Waals surface area contributed by atoms with Crippen molar-refractivity contribution >= 4 is 11.6 Å². The molecule has 4 rings (SSSR count). The van der Waals surface area contributed by atoms with Gasteiger partial charge in [0, 0.05) is 64.1 Å². The number of carbonyl (C=O) groups is 1. The lowest BCUT2D eigenvalue weighted by Crippen LogP contribution is -2.55. The maximum Gasteiger partial charge on any atom is 0.236 e. The van der Waals surface area contributed by atoms with Crippen molar-refractivity contribution in [2.24, 2.45) is 0 Å². The van der Waals surface area contributed by atoms with E-state index in [1.165, 1.54) is 37.8 Å². The number of hydrogen-bond acceptors (Lipinski definition) is 4. The summed E-state index contributed by atoms with van der Waals surface area (Å²) in [4.78, 5) is 22.2. The van der Waals surface area contributed by atoms with Gasteiger partial charge in [-0.2, -0.15) is 0 Å². The van der Waals surface area contributed by atoms with Crippen LogP contribution in [0.4, 0.5) is 5.69 Å². The van der Waals surface area contributed by atoms with Gasteiger partial charge in [0.15, 0.2) is 0 Å². The maximum absolute atomic E-state index is 12.8. The Morgan fingerprint density at radius 2 is 1.48 bits per heavy atom. The summed E-state index contributed by atoms with van der Waals surface area (Å²) in [5, 5.41) is 0. The number of benzene rings is 1. The largest absolute Gasteiger partial charge is 0.369 e. The summed E-state index contributed by atoms with van der Waals surface area (Å²) < 4.78 is 0. The van der Waals surface area contributed by atoms with Gasteiger partial charge in [-0.05, 0) is 25.0 Å². The van der Waals surface area contributed by atoms with Crippen LogP contribution in [0.3, 0.4) is 0 Å². The Bertz CT molecular complexity index is 586. The predicted molar refractivity (Wildman–Crippen MR) is 110 cm³/mol. The molecule has 1 aromatic rings. The second-order valence-electron chi connectivity index (χ2n) is 8.31. The molecule has 0 unspecified atom stereocenters. The second-order valence-corrected chi connectivity index (χ2v) is 8.31. The summed E-state index contributed by atoms with van der Waals surface area (Å²) in [6.07, 6.45) is 6.91. The molecule has 0 bridgehead atoms. The van der Waals surface area contributed by atoms with Gasteiger partial charge in [0.1, 0.15) is 0 Å². The molecule has 0 spiro atoms.